The van der Waals surface area contributed by atoms with Gasteiger partial charge in [0.15, 0.2) is 0 Å². The topological polar surface area (TPSA) is 87.7 Å². The molecule has 100 valence electrons. The summed E-state index contributed by atoms with van der Waals surface area (Å²) in [6, 6.07) is -0.300. The van der Waals surface area contributed by atoms with Gasteiger partial charge in [-0.3, -0.25) is 4.79 Å². The van der Waals surface area contributed by atoms with Crippen LogP contribution in [0.1, 0.15) is 26.7 Å². The van der Waals surface area contributed by atoms with Gasteiger partial charge in [0.25, 0.3) is 0 Å². The smallest absolute Gasteiger partial charge is 0.315 e. The van der Waals surface area contributed by atoms with Gasteiger partial charge in [-0.15, -0.1) is 0 Å². The molecule has 0 aliphatic heterocycles. The third kappa shape index (κ3) is 9.62. The molecule has 0 rings (SSSR count). The Hall–Kier alpha value is -1.30. The molecular weight excluding hydrogens is 224 g/mol. The van der Waals surface area contributed by atoms with E-state index in [1.54, 1.807) is 7.11 Å². The van der Waals surface area contributed by atoms with Gasteiger partial charge in [-0.05, 0) is 19.3 Å². The Morgan fingerprint density at radius 2 is 2.00 bits per heavy atom. The first kappa shape index (κ1) is 15.7. The van der Waals surface area contributed by atoms with E-state index in [9.17, 15) is 9.59 Å². The molecule has 0 spiro atoms. The predicted molar refractivity (Wildman–Crippen MR) is 63.9 cm³/mol. The van der Waals surface area contributed by atoms with E-state index in [0.717, 1.165) is 0 Å². The highest BCUT2D eigenvalue weighted by Gasteiger charge is 2.09. The van der Waals surface area contributed by atoms with Gasteiger partial charge in [0.05, 0.1) is 12.6 Å². The third-order valence-electron chi connectivity index (χ3n) is 2.26. The summed E-state index contributed by atoms with van der Waals surface area (Å²) in [4.78, 5) is 21.7. The first-order valence-corrected chi connectivity index (χ1v) is 5.70. The minimum absolute atomic E-state index is 0.0469. The standard InChI is InChI=1S/C11H22N2O4/c1-8(4-5-10(14)15)6-12-11(16)13-9(2)7-17-3/h8-9H,4-7H2,1-3H3,(H,14,15)(H2,12,13,16). The normalized spacial score (nSPS) is 13.8. The predicted octanol–water partition coefficient (Wildman–Crippen LogP) is 0.821. The second kappa shape index (κ2) is 8.81. The van der Waals surface area contributed by atoms with Crippen LogP contribution in [0.5, 0.6) is 0 Å². The number of carboxylic acids is 1. The Labute approximate surface area is 102 Å². The second-order valence-corrected chi connectivity index (χ2v) is 4.25. The minimum atomic E-state index is -0.810. The number of hydrogen-bond acceptors (Lipinski definition) is 3. The number of rotatable bonds is 8. The number of nitrogens with one attached hydrogen (secondary N) is 2. The van der Waals surface area contributed by atoms with Crippen molar-refractivity contribution in [2.45, 2.75) is 32.7 Å². The maximum Gasteiger partial charge on any atom is 0.315 e. The molecule has 6 heteroatoms. The summed E-state index contributed by atoms with van der Waals surface area (Å²) in [5, 5.41) is 13.9. The van der Waals surface area contributed by atoms with E-state index in [2.05, 4.69) is 10.6 Å². The fraction of sp³-hybridized carbons (Fsp3) is 0.818. The van der Waals surface area contributed by atoms with E-state index in [1.807, 2.05) is 13.8 Å². The molecule has 0 aromatic rings. The van der Waals surface area contributed by atoms with E-state index in [0.29, 0.717) is 19.6 Å². The lowest BCUT2D eigenvalue weighted by atomic mass is 10.1. The quantitative estimate of drug-likeness (QED) is 0.591. The monoisotopic (exact) mass is 246 g/mol. The molecule has 0 aromatic carbocycles. The number of urea groups is 1. The highest BCUT2D eigenvalue weighted by atomic mass is 16.5. The summed E-state index contributed by atoms with van der Waals surface area (Å²) in [6.45, 7) is 4.68. The molecule has 0 saturated heterocycles. The first-order valence-electron chi connectivity index (χ1n) is 5.70. The van der Waals surface area contributed by atoms with Crippen LogP contribution in [0.2, 0.25) is 0 Å². The van der Waals surface area contributed by atoms with E-state index < -0.39 is 5.97 Å². The van der Waals surface area contributed by atoms with Gasteiger partial charge in [0.1, 0.15) is 0 Å². The Bertz CT molecular complexity index is 246. The highest BCUT2D eigenvalue weighted by molar-refractivity contribution is 5.74. The zero-order valence-electron chi connectivity index (χ0n) is 10.7. The SMILES string of the molecule is COCC(C)NC(=O)NCC(C)CCC(=O)O. The van der Waals surface area contributed by atoms with Gasteiger partial charge in [0.2, 0.25) is 0 Å². The van der Waals surface area contributed by atoms with Crippen molar-refractivity contribution in [2.75, 3.05) is 20.3 Å². The zero-order chi connectivity index (χ0) is 13.3. The van der Waals surface area contributed by atoms with Crippen LogP contribution in [-0.2, 0) is 9.53 Å². The summed E-state index contributed by atoms with van der Waals surface area (Å²) in [5.41, 5.74) is 0. The molecule has 2 unspecified atom stereocenters. The lowest BCUT2D eigenvalue weighted by molar-refractivity contribution is -0.137. The summed E-state index contributed by atoms with van der Waals surface area (Å²) < 4.78 is 4.89. The molecular formula is C11H22N2O4. The van der Waals surface area contributed by atoms with Gasteiger partial charge < -0.3 is 20.5 Å². The van der Waals surface area contributed by atoms with Crippen LogP contribution in [0.25, 0.3) is 0 Å². The zero-order valence-corrected chi connectivity index (χ0v) is 10.7. The van der Waals surface area contributed by atoms with Crippen molar-refractivity contribution in [2.24, 2.45) is 5.92 Å². The van der Waals surface area contributed by atoms with Crippen molar-refractivity contribution in [1.82, 2.24) is 10.6 Å². The number of methoxy groups -OCH3 is 1. The Morgan fingerprint density at radius 3 is 2.53 bits per heavy atom. The molecule has 0 fully saturated rings. The second-order valence-electron chi connectivity index (χ2n) is 4.25. The van der Waals surface area contributed by atoms with Crippen molar-refractivity contribution in [1.29, 1.82) is 0 Å². The molecule has 17 heavy (non-hydrogen) atoms. The maximum absolute atomic E-state index is 11.4. The molecule has 0 aliphatic carbocycles. The first-order chi connectivity index (χ1) is 7.95. The summed E-state index contributed by atoms with van der Waals surface area (Å²) in [5.74, 6) is -0.662. The Kier molecular flexibility index (Phi) is 8.13. The molecule has 6 nitrogen and oxygen atoms in total. The third-order valence-corrected chi connectivity index (χ3v) is 2.26. The summed E-state index contributed by atoms with van der Waals surface area (Å²) in [6.07, 6.45) is 0.688. The molecule has 2 amide bonds. The van der Waals surface area contributed by atoms with Crippen LogP contribution in [0.3, 0.4) is 0 Å². The summed E-state index contributed by atoms with van der Waals surface area (Å²) >= 11 is 0. The average molecular weight is 246 g/mol. The van der Waals surface area contributed by atoms with E-state index in [4.69, 9.17) is 9.84 Å². The van der Waals surface area contributed by atoms with E-state index in [1.165, 1.54) is 0 Å². The minimum Gasteiger partial charge on any atom is -0.481 e. The fourth-order valence-electron chi connectivity index (χ4n) is 1.31. The van der Waals surface area contributed by atoms with Gasteiger partial charge in [-0.2, -0.15) is 0 Å². The van der Waals surface area contributed by atoms with Crippen LogP contribution in [-0.4, -0.2) is 43.4 Å². The highest BCUT2D eigenvalue weighted by Crippen LogP contribution is 2.03. The molecule has 0 aliphatic rings. The molecule has 0 bridgehead atoms. The van der Waals surface area contributed by atoms with Crippen LogP contribution in [0.4, 0.5) is 4.79 Å². The van der Waals surface area contributed by atoms with Crippen LogP contribution >= 0.6 is 0 Å². The number of carbonyl (C=O) groups is 2. The van der Waals surface area contributed by atoms with Crippen molar-refractivity contribution in [3.05, 3.63) is 0 Å². The van der Waals surface area contributed by atoms with E-state index in [-0.39, 0.29) is 24.4 Å². The van der Waals surface area contributed by atoms with Crippen LogP contribution in [0, 0.1) is 5.92 Å². The largest absolute Gasteiger partial charge is 0.481 e. The number of carbonyl (C=O) groups excluding carboxylic acids is 1. The molecule has 0 heterocycles. The fourth-order valence-corrected chi connectivity index (χ4v) is 1.31. The molecule has 2 atom stereocenters. The molecule has 0 radical (unpaired) electrons. The van der Waals surface area contributed by atoms with Gasteiger partial charge >= 0.3 is 12.0 Å². The maximum atomic E-state index is 11.4. The number of ether oxygens (including phenoxy) is 1. The molecule has 0 saturated carbocycles. The lowest BCUT2D eigenvalue weighted by Crippen LogP contribution is -2.43. The number of aliphatic carboxylic acids is 1. The van der Waals surface area contributed by atoms with Gasteiger partial charge in [-0.25, -0.2) is 4.79 Å². The van der Waals surface area contributed by atoms with Crippen molar-refractivity contribution < 1.29 is 19.4 Å². The van der Waals surface area contributed by atoms with Crippen LogP contribution in [0.15, 0.2) is 0 Å². The Morgan fingerprint density at radius 1 is 1.35 bits per heavy atom. The number of hydrogen-bond donors (Lipinski definition) is 3. The van der Waals surface area contributed by atoms with Crippen molar-refractivity contribution in [3.63, 3.8) is 0 Å². The Balaban J connectivity index is 3.65. The van der Waals surface area contributed by atoms with Gasteiger partial charge in [0, 0.05) is 20.1 Å². The van der Waals surface area contributed by atoms with Gasteiger partial charge in [-0.1, -0.05) is 6.92 Å². The van der Waals surface area contributed by atoms with Crippen LogP contribution < -0.4 is 10.6 Å². The average Bonchev–Trinajstić information content (AvgIpc) is 2.23. The molecule has 0 aromatic heterocycles. The number of carboxylic acid groups (broad SMARTS) is 1. The number of amides is 2. The van der Waals surface area contributed by atoms with Crippen molar-refractivity contribution >= 4 is 12.0 Å². The summed E-state index contributed by atoms with van der Waals surface area (Å²) in [7, 11) is 1.57. The van der Waals surface area contributed by atoms with Crippen molar-refractivity contribution in [3.8, 4) is 0 Å². The lowest BCUT2D eigenvalue weighted by Gasteiger charge is -2.15. The molecule has 3 N–H and O–H groups in total. The van der Waals surface area contributed by atoms with E-state index >= 15 is 0 Å².